The van der Waals surface area contributed by atoms with E-state index in [-0.39, 0.29) is 12.0 Å². The Hall–Kier alpha value is -2.14. The van der Waals surface area contributed by atoms with E-state index in [4.69, 9.17) is 16.3 Å². The van der Waals surface area contributed by atoms with E-state index >= 15 is 0 Å². The second-order valence-corrected chi connectivity index (χ2v) is 4.74. The van der Waals surface area contributed by atoms with Crippen molar-refractivity contribution in [2.24, 2.45) is 0 Å². The Morgan fingerprint density at radius 3 is 2.85 bits per heavy atom. The van der Waals surface area contributed by atoms with Crippen LogP contribution in [0.1, 0.15) is 24.2 Å². The Morgan fingerprint density at radius 1 is 1.35 bits per heavy atom. The van der Waals surface area contributed by atoms with Gasteiger partial charge in [0.15, 0.2) is 0 Å². The lowest BCUT2D eigenvalue weighted by atomic mass is 10.2. The molecule has 0 aliphatic heterocycles. The molecule has 2 heterocycles. The lowest BCUT2D eigenvalue weighted by Gasteiger charge is -2.13. The maximum absolute atomic E-state index is 12.2. The van der Waals surface area contributed by atoms with Gasteiger partial charge in [-0.05, 0) is 32.0 Å². The Kier molecular flexibility index (Phi) is 4.53. The van der Waals surface area contributed by atoms with Gasteiger partial charge in [-0.25, -0.2) is 4.98 Å². The number of hydrogen-bond acceptors (Lipinski definition) is 4. The molecule has 2 rings (SSSR count). The standard InChI is InChI=1S/C14H14ClN3O2/c1-9(2)20-14-12(4-3-6-17-14)18-13(19)10-5-7-16-8-11(10)15/h3-9H,1-2H3,(H,18,19). The van der Waals surface area contributed by atoms with Gasteiger partial charge >= 0.3 is 0 Å². The summed E-state index contributed by atoms with van der Waals surface area (Å²) in [4.78, 5) is 20.1. The van der Waals surface area contributed by atoms with E-state index in [1.54, 1.807) is 24.4 Å². The molecule has 0 saturated carbocycles. The first kappa shape index (κ1) is 14.3. The zero-order chi connectivity index (χ0) is 14.5. The molecule has 6 heteroatoms. The smallest absolute Gasteiger partial charge is 0.257 e. The van der Waals surface area contributed by atoms with E-state index in [0.29, 0.717) is 22.2 Å². The molecule has 0 spiro atoms. The Bertz CT molecular complexity index is 617. The minimum Gasteiger partial charge on any atom is -0.473 e. The van der Waals surface area contributed by atoms with Gasteiger partial charge in [0, 0.05) is 18.6 Å². The summed E-state index contributed by atoms with van der Waals surface area (Å²) in [6, 6.07) is 4.99. The van der Waals surface area contributed by atoms with Gasteiger partial charge in [0.25, 0.3) is 5.91 Å². The fourth-order valence-electron chi connectivity index (χ4n) is 1.55. The minimum atomic E-state index is -0.334. The number of aromatic nitrogens is 2. The SMILES string of the molecule is CC(C)Oc1ncccc1NC(=O)c1ccncc1Cl. The maximum atomic E-state index is 12.2. The summed E-state index contributed by atoms with van der Waals surface area (Å²) < 4.78 is 5.54. The van der Waals surface area contributed by atoms with E-state index in [2.05, 4.69) is 15.3 Å². The average Bonchev–Trinajstić information content (AvgIpc) is 2.41. The Balaban J connectivity index is 2.22. The lowest BCUT2D eigenvalue weighted by molar-refractivity contribution is 0.102. The van der Waals surface area contributed by atoms with Crippen molar-refractivity contribution in [2.75, 3.05) is 5.32 Å². The van der Waals surface area contributed by atoms with E-state index in [1.165, 1.54) is 12.4 Å². The molecule has 5 nitrogen and oxygen atoms in total. The molecule has 2 aromatic rings. The summed E-state index contributed by atoms with van der Waals surface area (Å²) >= 11 is 5.94. The van der Waals surface area contributed by atoms with Crippen molar-refractivity contribution in [3.8, 4) is 5.88 Å². The molecule has 0 atom stereocenters. The van der Waals surface area contributed by atoms with E-state index in [1.807, 2.05) is 13.8 Å². The van der Waals surface area contributed by atoms with Crippen molar-refractivity contribution in [3.05, 3.63) is 47.4 Å². The topological polar surface area (TPSA) is 64.1 Å². The summed E-state index contributed by atoms with van der Waals surface area (Å²) in [5.74, 6) is 0.0417. The van der Waals surface area contributed by atoms with Crippen LogP contribution >= 0.6 is 11.6 Å². The highest BCUT2D eigenvalue weighted by molar-refractivity contribution is 6.34. The minimum absolute atomic E-state index is 0.0370. The predicted molar refractivity (Wildman–Crippen MR) is 77.2 cm³/mol. The third-order valence-corrected chi connectivity index (χ3v) is 2.68. The van der Waals surface area contributed by atoms with Crippen LogP contribution in [0.15, 0.2) is 36.8 Å². The van der Waals surface area contributed by atoms with Gasteiger partial charge in [0.05, 0.1) is 16.7 Å². The summed E-state index contributed by atoms with van der Waals surface area (Å²) in [6.45, 7) is 3.78. The van der Waals surface area contributed by atoms with Gasteiger partial charge in [-0.3, -0.25) is 9.78 Å². The molecule has 0 aromatic carbocycles. The summed E-state index contributed by atoms with van der Waals surface area (Å²) in [7, 11) is 0. The molecule has 2 aromatic heterocycles. The van der Waals surface area contributed by atoms with Gasteiger partial charge in [0.2, 0.25) is 5.88 Å². The molecule has 104 valence electrons. The summed E-state index contributed by atoms with van der Waals surface area (Å²) in [6.07, 6.45) is 4.50. The van der Waals surface area contributed by atoms with Crippen molar-refractivity contribution in [1.29, 1.82) is 0 Å². The van der Waals surface area contributed by atoms with Gasteiger partial charge in [0.1, 0.15) is 5.69 Å². The van der Waals surface area contributed by atoms with Crippen LogP contribution in [0.5, 0.6) is 5.88 Å². The van der Waals surface area contributed by atoms with Crippen molar-refractivity contribution >= 4 is 23.2 Å². The molecule has 20 heavy (non-hydrogen) atoms. The van der Waals surface area contributed by atoms with E-state index in [9.17, 15) is 4.79 Å². The number of ether oxygens (including phenoxy) is 1. The highest BCUT2D eigenvalue weighted by Crippen LogP contribution is 2.23. The molecule has 0 radical (unpaired) electrons. The van der Waals surface area contributed by atoms with Crippen LogP contribution in [0.4, 0.5) is 5.69 Å². The molecule has 0 unspecified atom stereocenters. The molecule has 0 aliphatic rings. The third-order valence-electron chi connectivity index (χ3n) is 2.38. The monoisotopic (exact) mass is 291 g/mol. The maximum Gasteiger partial charge on any atom is 0.257 e. The largest absolute Gasteiger partial charge is 0.473 e. The number of rotatable bonds is 4. The number of pyridine rings is 2. The number of amides is 1. The fourth-order valence-corrected chi connectivity index (χ4v) is 1.76. The number of hydrogen-bond donors (Lipinski definition) is 1. The molecule has 0 fully saturated rings. The van der Waals surface area contributed by atoms with Crippen LogP contribution in [-0.4, -0.2) is 22.0 Å². The quantitative estimate of drug-likeness (QED) is 0.940. The number of nitrogens with one attached hydrogen (secondary N) is 1. The highest BCUT2D eigenvalue weighted by Gasteiger charge is 2.14. The zero-order valence-corrected chi connectivity index (χ0v) is 11.9. The second kappa shape index (κ2) is 6.34. The first-order valence-corrected chi connectivity index (χ1v) is 6.48. The van der Waals surface area contributed by atoms with Crippen molar-refractivity contribution in [3.63, 3.8) is 0 Å². The van der Waals surface area contributed by atoms with Crippen LogP contribution < -0.4 is 10.1 Å². The lowest BCUT2D eigenvalue weighted by Crippen LogP contribution is -2.15. The van der Waals surface area contributed by atoms with E-state index in [0.717, 1.165) is 0 Å². The molecule has 1 amide bonds. The number of carbonyl (C=O) groups is 1. The first-order valence-electron chi connectivity index (χ1n) is 6.10. The van der Waals surface area contributed by atoms with Crippen LogP contribution in [0.3, 0.4) is 0 Å². The fraction of sp³-hybridized carbons (Fsp3) is 0.214. The summed E-state index contributed by atoms with van der Waals surface area (Å²) in [5, 5.41) is 3.03. The predicted octanol–water partition coefficient (Wildman–Crippen LogP) is 3.17. The van der Waals surface area contributed by atoms with Gasteiger partial charge in [-0.2, -0.15) is 0 Å². The van der Waals surface area contributed by atoms with Crippen LogP contribution in [0.2, 0.25) is 5.02 Å². The van der Waals surface area contributed by atoms with Crippen molar-refractivity contribution in [1.82, 2.24) is 9.97 Å². The number of carbonyl (C=O) groups excluding carboxylic acids is 1. The van der Waals surface area contributed by atoms with Crippen molar-refractivity contribution in [2.45, 2.75) is 20.0 Å². The molecular formula is C14H14ClN3O2. The van der Waals surface area contributed by atoms with Crippen LogP contribution in [0.25, 0.3) is 0 Å². The molecule has 1 N–H and O–H groups in total. The van der Waals surface area contributed by atoms with Crippen LogP contribution in [0, 0.1) is 0 Å². The van der Waals surface area contributed by atoms with Crippen molar-refractivity contribution < 1.29 is 9.53 Å². The number of nitrogens with zero attached hydrogens (tertiary/aromatic N) is 2. The van der Waals surface area contributed by atoms with Crippen LogP contribution in [-0.2, 0) is 0 Å². The number of anilines is 1. The molecule has 0 bridgehead atoms. The third kappa shape index (κ3) is 3.45. The molecule has 0 aliphatic carbocycles. The zero-order valence-electron chi connectivity index (χ0n) is 11.1. The summed E-state index contributed by atoms with van der Waals surface area (Å²) in [5.41, 5.74) is 0.847. The molecular weight excluding hydrogens is 278 g/mol. The highest BCUT2D eigenvalue weighted by atomic mass is 35.5. The second-order valence-electron chi connectivity index (χ2n) is 4.33. The first-order chi connectivity index (χ1) is 9.58. The normalized spacial score (nSPS) is 10.4. The average molecular weight is 292 g/mol. The Labute approximate surface area is 122 Å². The van der Waals surface area contributed by atoms with Gasteiger partial charge < -0.3 is 10.1 Å². The van der Waals surface area contributed by atoms with Gasteiger partial charge in [-0.1, -0.05) is 11.6 Å². The van der Waals surface area contributed by atoms with Gasteiger partial charge in [-0.15, -0.1) is 0 Å². The van der Waals surface area contributed by atoms with E-state index < -0.39 is 0 Å². The molecule has 0 saturated heterocycles. The Morgan fingerprint density at radius 2 is 2.15 bits per heavy atom. The number of halogens is 1.